The number of piperidine rings is 1. The van der Waals surface area contributed by atoms with Crippen LogP contribution in [0.1, 0.15) is 41.1 Å². The highest BCUT2D eigenvalue weighted by molar-refractivity contribution is 5.83. The van der Waals surface area contributed by atoms with E-state index in [9.17, 15) is 31.1 Å². The molecule has 0 bridgehead atoms. The van der Waals surface area contributed by atoms with Crippen molar-refractivity contribution in [3.63, 3.8) is 0 Å². The van der Waals surface area contributed by atoms with Gasteiger partial charge >= 0.3 is 12.4 Å². The average molecular weight is 558 g/mol. The summed E-state index contributed by atoms with van der Waals surface area (Å²) in [7, 11) is 1.54. The van der Waals surface area contributed by atoms with E-state index in [1.165, 1.54) is 11.9 Å². The fourth-order valence-electron chi connectivity index (χ4n) is 5.38. The third kappa shape index (κ3) is 7.52. The standard InChI is InChI=1S/C28H33F6N3O2/c1-35(10-7-20-17-22(27(29,30)31)19-23(18-20)28(32,33)34)26(38)25(21-5-3-2-4-6-21)37-11-8-24(9-12-37)36-13-15-39-16-14-36/h2-6,17-19,24-25H,7-16H2,1H3. The van der Waals surface area contributed by atoms with Crippen LogP contribution in [0.5, 0.6) is 0 Å². The van der Waals surface area contributed by atoms with Gasteiger partial charge in [-0.05, 0) is 48.6 Å². The Morgan fingerprint density at radius 2 is 1.49 bits per heavy atom. The molecule has 2 saturated heterocycles. The molecule has 2 aliphatic rings. The normalized spacial score (nSPS) is 19.2. The minimum Gasteiger partial charge on any atom is -0.379 e. The Bertz CT molecular complexity index is 1060. The van der Waals surface area contributed by atoms with Crippen molar-refractivity contribution in [3.05, 3.63) is 70.8 Å². The van der Waals surface area contributed by atoms with Crippen molar-refractivity contribution in [1.29, 1.82) is 0 Å². The lowest BCUT2D eigenvalue weighted by molar-refractivity contribution is -0.143. The van der Waals surface area contributed by atoms with E-state index < -0.39 is 29.5 Å². The molecule has 1 unspecified atom stereocenters. The molecule has 2 aliphatic heterocycles. The Kier molecular flexibility index (Phi) is 9.23. The number of ether oxygens (including phenoxy) is 1. The van der Waals surface area contributed by atoms with Crippen molar-refractivity contribution in [3.8, 4) is 0 Å². The summed E-state index contributed by atoms with van der Waals surface area (Å²) < 4.78 is 85.0. The van der Waals surface area contributed by atoms with Crippen LogP contribution >= 0.6 is 0 Å². The quantitative estimate of drug-likeness (QED) is 0.435. The second-order valence-electron chi connectivity index (χ2n) is 10.2. The molecular formula is C28H33F6N3O2. The van der Waals surface area contributed by atoms with E-state index in [1.54, 1.807) is 0 Å². The van der Waals surface area contributed by atoms with Crippen LogP contribution in [0.25, 0.3) is 0 Å². The van der Waals surface area contributed by atoms with Gasteiger partial charge < -0.3 is 9.64 Å². The molecule has 11 heteroatoms. The molecule has 5 nitrogen and oxygen atoms in total. The molecule has 214 valence electrons. The number of likely N-dealkylation sites (N-methyl/N-ethyl adjacent to an activating group) is 1. The number of hydrogen-bond donors (Lipinski definition) is 0. The molecule has 2 fully saturated rings. The number of benzene rings is 2. The van der Waals surface area contributed by atoms with Crippen LogP contribution in [-0.4, -0.2) is 79.6 Å². The highest BCUT2D eigenvalue weighted by Crippen LogP contribution is 2.36. The zero-order valence-electron chi connectivity index (χ0n) is 21.8. The van der Waals surface area contributed by atoms with Gasteiger partial charge in [0.1, 0.15) is 6.04 Å². The summed E-state index contributed by atoms with van der Waals surface area (Å²) in [6.07, 6.45) is -8.18. The molecule has 1 amide bonds. The summed E-state index contributed by atoms with van der Waals surface area (Å²) >= 11 is 0. The predicted molar refractivity (Wildman–Crippen MR) is 134 cm³/mol. The van der Waals surface area contributed by atoms with Crippen LogP contribution in [0, 0.1) is 0 Å². The number of morpholine rings is 1. The smallest absolute Gasteiger partial charge is 0.379 e. The molecular weight excluding hydrogens is 524 g/mol. The number of carbonyl (C=O) groups excluding carboxylic acids is 1. The van der Waals surface area contributed by atoms with Crippen LogP contribution in [0.2, 0.25) is 0 Å². The average Bonchev–Trinajstić information content (AvgIpc) is 2.92. The summed E-state index contributed by atoms with van der Waals surface area (Å²) in [5.41, 5.74) is -2.03. The second kappa shape index (κ2) is 12.3. The zero-order chi connectivity index (χ0) is 28.2. The Balaban J connectivity index is 1.47. The number of hydrogen-bond acceptors (Lipinski definition) is 4. The van der Waals surface area contributed by atoms with E-state index in [2.05, 4.69) is 9.80 Å². The minimum absolute atomic E-state index is 0.0228. The molecule has 0 radical (unpaired) electrons. The van der Waals surface area contributed by atoms with Crippen molar-refractivity contribution in [2.75, 3.05) is 53.0 Å². The summed E-state index contributed by atoms with van der Waals surface area (Å²) in [6, 6.07) is 10.7. The molecule has 39 heavy (non-hydrogen) atoms. The number of rotatable bonds is 7. The van der Waals surface area contributed by atoms with Gasteiger partial charge in [-0.25, -0.2) is 0 Å². The summed E-state index contributed by atoms with van der Waals surface area (Å²) in [5.74, 6) is -0.242. The highest BCUT2D eigenvalue weighted by Gasteiger charge is 2.37. The van der Waals surface area contributed by atoms with Gasteiger partial charge in [-0.1, -0.05) is 30.3 Å². The first-order valence-corrected chi connectivity index (χ1v) is 13.1. The number of amides is 1. The number of likely N-dealkylation sites (tertiary alicyclic amines) is 1. The lowest BCUT2D eigenvalue weighted by atomic mass is 9.97. The minimum atomic E-state index is -4.91. The van der Waals surface area contributed by atoms with E-state index in [0.29, 0.717) is 32.3 Å². The maximum atomic E-state index is 13.7. The van der Waals surface area contributed by atoms with Crippen molar-refractivity contribution >= 4 is 5.91 Å². The van der Waals surface area contributed by atoms with Gasteiger partial charge in [0.15, 0.2) is 0 Å². The largest absolute Gasteiger partial charge is 0.416 e. The third-order valence-electron chi connectivity index (χ3n) is 7.54. The maximum absolute atomic E-state index is 13.7. The first-order chi connectivity index (χ1) is 18.4. The van der Waals surface area contributed by atoms with Crippen LogP contribution in [0.15, 0.2) is 48.5 Å². The van der Waals surface area contributed by atoms with Crippen LogP contribution in [-0.2, 0) is 28.3 Å². The lowest BCUT2D eigenvalue weighted by Crippen LogP contribution is -2.51. The van der Waals surface area contributed by atoms with Crippen LogP contribution in [0.4, 0.5) is 26.3 Å². The predicted octanol–water partition coefficient (Wildman–Crippen LogP) is 5.26. The Hall–Kier alpha value is -2.63. The van der Waals surface area contributed by atoms with Gasteiger partial charge in [-0.3, -0.25) is 14.6 Å². The van der Waals surface area contributed by atoms with Gasteiger partial charge in [0, 0.05) is 45.8 Å². The first-order valence-electron chi connectivity index (χ1n) is 13.1. The summed E-state index contributed by atoms with van der Waals surface area (Å²) in [6.45, 7) is 4.58. The Labute approximate surface area is 224 Å². The van der Waals surface area contributed by atoms with Crippen LogP contribution in [0.3, 0.4) is 0 Å². The summed E-state index contributed by atoms with van der Waals surface area (Å²) in [5, 5.41) is 0. The molecule has 0 N–H and O–H groups in total. The van der Waals surface area contributed by atoms with E-state index in [0.717, 1.165) is 43.6 Å². The van der Waals surface area contributed by atoms with Crippen molar-refractivity contribution < 1.29 is 35.9 Å². The molecule has 0 spiro atoms. The van der Waals surface area contributed by atoms with E-state index in [-0.39, 0.29) is 30.5 Å². The highest BCUT2D eigenvalue weighted by atomic mass is 19.4. The van der Waals surface area contributed by atoms with Gasteiger partial charge in [0.05, 0.1) is 24.3 Å². The molecule has 1 atom stereocenters. The first kappa shape index (κ1) is 29.4. The van der Waals surface area contributed by atoms with Gasteiger partial charge in [-0.15, -0.1) is 0 Å². The number of halogens is 6. The lowest BCUT2D eigenvalue weighted by Gasteiger charge is -2.42. The summed E-state index contributed by atoms with van der Waals surface area (Å²) in [4.78, 5) is 19.6. The van der Waals surface area contributed by atoms with E-state index in [1.807, 2.05) is 30.3 Å². The SMILES string of the molecule is CN(CCc1cc(C(F)(F)F)cc(C(F)(F)F)c1)C(=O)C(c1ccccc1)N1CCC(N2CCOCC2)CC1. The van der Waals surface area contributed by atoms with E-state index in [4.69, 9.17) is 4.74 Å². The van der Waals surface area contributed by atoms with Crippen molar-refractivity contribution in [2.24, 2.45) is 0 Å². The van der Waals surface area contributed by atoms with E-state index >= 15 is 0 Å². The fourth-order valence-corrected chi connectivity index (χ4v) is 5.38. The van der Waals surface area contributed by atoms with Crippen molar-refractivity contribution in [2.45, 2.75) is 43.7 Å². The maximum Gasteiger partial charge on any atom is 0.416 e. The van der Waals surface area contributed by atoms with Gasteiger partial charge in [-0.2, -0.15) is 26.3 Å². The van der Waals surface area contributed by atoms with Crippen molar-refractivity contribution in [1.82, 2.24) is 14.7 Å². The molecule has 2 heterocycles. The monoisotopic (exact) mass is 557 g/mol. The zero-order valence-corrected chi connectivity index (χ0v) is 21.8. The topological polar surface area (TPSA) is 36.0 Å². The van der Waals surface area contributed by atoms with Gasteiger partial charge in [0.2, 0.25) is 5.91 Å². The molecule has 2 aromatic carbocycles. The molecule has 0 aliphatic carbocycles. The number of nitrogens with zero attached hydrogens (tertiary/aromatic N) is 3. The molecule has 2 aromatic rings. The van der Waals surface area contributed by atoms with Crippen LogP contribution < -0.4 is 0 Å². The Morgan fingerprint density at radius 1 is 0.923 bits per heavy atom. The fraction of sp³-hybridized carbons (Fsp3) is 0.536. The number of alkyl halides is 6. The number of carbonyl (C=O) groups is 1. The second-order valence-corrected chi connectivity index (χ2v) is 10.2. The molecule has 4 rings (SSSR count). The van der Waals surface area contributed by atoms with Gasteiger partial charge in [0.25, 0.3) is 0 Å². The third-order valence-corrected chi connectivity index (χ3v) is 7.54. The molecule has 0 saturated carbocycles. The Morgan fingerprint density at radius 3 is 2.03 bits per heavy atom. The molecule has 0 aromatic heterocycles.